The highest BCUT2D eigenvalue weighted by atomic mass is 16.6. The summed E-state index contributed by atoms with van der Waals surface area (Å²) in [5, 5.41) is 10.9. The second kappa shape index (κ2) is 8.15. The van der Waals surface area contributed by atoms with Crippen LogP contribution in [-0.4, -0.2) is 23.0 Å². The van der Waals surface area contributed by atoms with Crippen molar-refractivity contribution in [2.24, 2.45) is 0 Å². The predicted molar refractivity (Wildman–Crippen MR) is 90.8 cm³/mol. The lowest BCUT2D eigenvalue weighted by molar-refractivity contribution is -0.483. The monoisotopic (exact) mass is 325 g/mol. The Labute approximate surface area is 140 Å². The van der Waals surface area contributed by atoms with E-state index in [9.17, 15) is 19.7 Å². The number of ketones is 2. The molecule has 0 saturated carbocycles. The van der Waals surface area contributed by atoms with Crippen molar-refractivity contribution < 1.29 is 14.5 Å². The Balaban J connectivity index is 2.07. The van der Waals surface area contributed by atoms with Crippen molar-refractivity contribution in [1.82, 2.24) is 0 Å². The van der Waals surface area contributed by atoms with Gasteiger partial charge in [-0.15, -0.1) is 0 Å². The van der Waals surface area contributed by atoms with Gasteiger partial charge in [0.25, 0.3) is 0 Å². The van der Waals surface area contributed by atoms with Gasteiger partial charge in [-0.2, -0.15) is 0 Å². The van der Waals surface area contributed by atoms with Gasteiger partial charge < -0.3 is 0 Å². The van der Waals surface area contributed by atoms with E-state index in [2.05, 4.69) is 0 Å². The summed E-state index contributed by atoms with van der Waals surface area (Å²) in [6.45, 7) is 1.57. The van der Waals surface area contributed by atoms with Crippen molar-refractivity contribution in [3.05, 3.63) is 81.4 Å². The molecule has 0 amide bonds. The van der Waals surface area contributed by atoms with Crippen LogP contribution < -0.4 is 0 Å². The molecule has 0 aliphatic rings. The number of benzene rings is 2. The highest BCUT2D eigenvalue weighted by molar-refractivity contribution is 6.08. The molecule has 0 N–H and O–H groups in total. The number of aryl methyl sites for hydroxylation is 1. The quantitative estimate of drug-likeness (QED) is 0.322. The number of nitro groups is 1. The van der Waals surface area contributed by atoms with Crippen molar-refractivity contribution in [2.75, 3.05) is 6.54 Å². The third-order valence-corrected chi connectivity index (χ3v) is 3.81. The Bertz CT molecular complexity index is 740. The molecule has 2 aromatic rings. The smallest absolute Gasteiger partial charge is 0.211 e. The Morgan fingerprint density at radius 2 is 1.79 bits per heavy atom. The molecular weight excluding hydrogens is 306 g/mol. The van der Waals surface area contributed by atoms with E-state index in [1.807, 2.05) is 25.1 Å². The molecule has 0 aromatic heterocycles. The van der Waals surface area contributed by atoms with E-state index in [0.29, 0.717) is 5.56 Å². The molecule has 5 nitrogen and oxygen atoms in total. The summed E-state index contributed by atoms with van der Waals surface area (Å²) in [7, 11) is 0. The van der Waals surface area contributed by atoms with Crippen molar-refractivity contribution in [3.63, 3.8) is 0 Å². The molecule has 5 heteroatoms. The summed E-state index contributed by atoms with van der Waals surface area (Å²) in [6, 6.07) is 15.9. The number of hydrogen-bond donors (Lipinski definition) is 0. The van der Waals surface area contributed by atoms with Crippen LogP contribution in [-0.2, 0) is 4.79 Å². The summed E-state index contributed by atoms with van der Waals surface area (Å²) in [6.07, 6.45) is -0.243. The molecule has 1 atom stereocenters. The summed E-state index contributed by atoms with van der Waals surface area (Å²) in [5.41, 5.74) is 2.22. The maximum atomic E-state index is 12.2. The lowest BCUT2D eigenvalue weighted by Gasteiger charge is -2.13. The number of rotatable bonds is 8. The van der Waals surface area contributed by atoms with Crippen LogP contribution in [0.2, 0.25) is 0 Å². The fourth-order valence-corrected chi connectivity index (χ4v) is 2.64. The van der Waals surface area contributed by atoms with Crippen LogP contribution >= 0.6 is 0 Å². The van der Waals surface area contributed by atoms with Gasteiger partial charge in [-0.1, -0.05) is 60.2 Å². The fourth-order valence-electron chi connectivity index (χ4n) is 2.64. The first-order valence-electron chi connectivity index (χ1n) is 7.74. The lowest BCUT2D eigenvalue weighted by Crippen LogP contribution is -2.18. The maximum Gasteiger partial charge on any atom is 0.211 e. The fraction of sp³-hybridized carbons (Fsp3) is 0.263. The van der Waals surface area contributed by atoms with E-state index in [4.69, 9.17) is 0 Å². The first kappa shape index (κ1) is 17.5. The number of carbonyl (C=O) groups excluding carboxylic acids is 2. The molecule has 24 heavy (non-hydrogen) atoms. The molecular formula is C19H19NO4. The Morgan fingerprint density at radius 3 is 2.42 bits per heavy atom. The highest BCUT2D eigenvalue weighted by Gasteiger charge is 2.23. The first-order valence-corrected chi connectivity index (χ1v) is 7.74. The van der Waals surface area contributed by atoms with Gasteiger partial charge in [0.05, 0.1) is 12.3 Å². The molecule has 0 aliphatic carbocycles. The van der Waals surface area contributed by atoms with Gasteiger partial charge in [-0.3, -0.25) is 19.7 Å². The number of hydrogen-bond acceptors (Lipinski definition) is 4. The Kier molecular flexibility index (Phi) is 5.95. The minimum Gasteiger partial charge on any atom is -0.299 e. The van der Waals surface area contributed by atoms with Crippen LogP contribution in [0.1, 0.15) is 40.2 Å². The molecule has 0 unspecified atom stereocenters. The third kappa shape index (κ3) is 5.12. The Hall–Kier alpha value is -2.82. The van der Waals surface area contributed by atoms with E-state index in [1.165, 1.54) is 0 Å². The summed E-state index contributed by atoms with van der Waals surface area (Å²) in [4.78, 5) is 34.8. The topological polar surface area (TPSA) is 77.3 Å². The van der Waals surface area contributed by atoms with E-state index in [1.54, 1.807) is 36.4 Å². The minimum atomic E-state index is -0.518. The second-order valence-corrected chi connectivity index (χ2v) is 5.84. The summed E-state index contributed by atoms with van der Waals surface area (Å²) < 4.78 is 0. The SMILES string of the molecule is Cc1cccc([C@@H](CC(=O)CC(=O)c2ccccc2)C[N+](=O)[O-])c1. The predicted octanol–water partition coefficient (Wildman–Crippen LogP) is 3.59. The van der Waals surface area contributed by atoms with Crippen LogP contribution in [0.15, 0.2) is 54.6 Å². The van der Waals surface area contributed by atoms with Gasteiger partial charge in [0.15, 0.2) is 5.78 Å². The average molecular weight is 325 g/mol. The molecule has 0 spiro atoms. The van der Waals surface area contributed by atoms with Crippen LogP contribution in [0.25, 0.3) is 0 Å². The standard InChI is InChI=1S/C19H19NO4/c1-14-6-5-9-16(10-14)17(13-20(23)24)11-18(21)12-19(22)15-7-3-2-4-8-15/h2-10,17H,11-13H2,1H3/t17-/m0/s1. The first-order chi connectivity index (χ1) is 11.5. The lowest BCUT2D eigenvalue weighted by atomic mass is 9.91. The number of nitrogens with zero attached hydrogens (tertiary/aromatic N) is 1. The van der Waals surface area contributed by atoms with Gasteiger partial charge >= 0.3 is 0 Å². The Morgan fingerprint density at radius 1 is 1.08 bits per heavy atom. The van der Waals surface area contributed by atoms with Crippen molar-refractivity contribution in [2.45, 2.75) is 25.7 Å². The highest BCUT2D eigenvalue weighted by Crippen LogP contribution is 2.22. The van der Waals surface area contributed by atoms with Gasteiger partial charge in [-0.25, -0.2) is 0 Å². The van der Waals surface area contributed by atoms with Crippen LogP contribution in [0.4, 0.5) is 0 Å². The summed E-state index contributed by atoms with van der Waals surface area (Å²) in [5.74, 6) is -1.06. The van der Waals surface area contributed by atoms with Crippen LogP contribution in [0, 0.1) is 17.0 Å². The van der Waals surface area contributed by atoms with E-state index >= 15 is 0 Å². The maximum absolute atomic E-state index is 12.2. The average Bonchev–Trinajstić information content (AvgIpc) is 2.54. The molecule has 124 valence electrons. The zero-order chi connectivity index (χ0) is 17.5. The zero-order valence-electron chi connectivity index (χ0n) is 13.5. The van der Waals surface area contributed by atoms with Gasteiger partial charge in [0.2, 0.25) is 6.54 Å². The molecule has 0 fully saturated rings. The second-order valence-electron chi connectivity index (χ2n) is 5.84. The molecule has 0 radical (unpaired) electrons. The molecule has 2 rings (SSSR count). The van der Waals surface area contributed by atoms with Crippen molar-refractivity contribution >= 4 is 11.6 Å². The molecule has 0 heterocycles. The van der Waals surface area contributed by atoms with Gasteiger partial charge in [-0.05, 0) is 12.5 Å². The molecule has 2 aromatic carbocycles. The van der Waals surface area contributed by atoms with Crippen molar-refractivity contribution in [3.8, 4) is 0 Å². The molecule has 0 bridgehead atoms. The number of Topliss-reactive ketones (excluding diaryl/α,β-unsaturated/α-hetero) is 2. The number of carbonyl (C=O) groups is 2. The summed E-state index contributed by atoms with van der Waals surface area (Å²) >= 11 is 0. The third-order valence-electron chi connectivity index (χ3n) is 3.81. The minimum absolute atomic E-state index is 0.0109. The van der Waals surface area contributed by atoms with Crippen molar-refractivity contribution in [1.29, 1.82) is 0 Å². The van der Waals surface area contributed by atoms with Crippen LogP contribution in [0.5, 0.6) is 0 Å². The van der Waals surface area contributed by atoms with E-state index in [0.717, 1.165) is 11.1 Å². The van der Waals surface area contributed by atoms with Crippen LogP contribution in [0.3, 0.4) is 0 Å². The van der Waals surface area contributed by atoms with E-state index in [-0.39, 0.29) is 31.0 Å². The molecule has 0 aliphatic heterocycles. The van der Waals surface area contributed by atoms with E-state index < -0.39 is 10.8 Å². The molecule has 0 saturated heterocycles. The zero-order valence-corrected chi connectivity index (χ0v) is 13.5. The van der Waals surface area contributed by atoms with Gasteiger partial charge in [0, 0.05) is 16.9 Å². The largest absolute Gasteiger partial charge is 0.299 e. The van der Waals surface area contributed by atoms with Gasteiger partial charge in [0.1, 0.15) is 5.78 Å². The normalized spacial score (nSPS) is 11.7.